The van der Waals surface area contributed by atoms with E-state index in [4.69, 9.17) is 16.5 Å². The largest absolute Gasteiger partial charge is 0.379 e. The number of halogens is 1. The van der Waals surface area contributed by atoms with E-state index in [0.29, 0.717) is 13.2 Å². The minimum absolute atomic E-state index is 0.637. The fraction of sp³-hybridized carbons (Fsp3) is 0.333. The Labute approximate surface area is 77.8 Å². The summed E-state index contributed by atoms with van der Waals surface area (Å²) in [5.74, 6) is 0. The zero-order chi connectivity index (χ0) is 8.81. The summed E-state index contributed by atoms with van der Waals surface area (Å²) >= 11 is 5.94. The van der Waals surface area contributed by atoms with Crippen molar-refractivity contribution in [3.8, 4) is 0 Å². The maximum Gasteiger partial charge on any atom is 0.232 e. The van der Waals surface area contributed by atoms with Crippen LogP contribution in [0.3, 0.4) is 0 Å². The van der Waals surface area contributed by atoms with Crippen LogP contribution >= 0.6 is 11.8 Å². The highest BCUT2D eigenvalue weighted by molar-refractivity contribution is 6.18. The molecule has 0 heterocycles. The molecular formula is C9H12ClNO+. The number of anilines is 1. The third-order valence-corrected chi connectivity index (χ3v) is 1.89. The second-order valence-electron chi connectivity index (χ2n) is 2.41. The number of hydrogen-bond donors (Lipinski definition) is 0. The van der Waals surface area contributed by atoms with Crippen molar-refractivity contribution in [3.05, 3.63) is 30.3 Å². The first-order valence-electron chi connectivity index (χ1n) is 3.82. The Bertz CT molecular complexity index is 215. The lowest BCUT2D eigenvalue weighted by Gasteiger charge is -1.99. The zero-order valence-corrected chi connectivity index (χ0v) is 7.79. The number of methoxy groups -OCH3 is 1. The van der Waals surface area contributed by atoms with Crippen molar-refractivity contribution in [3.63, 3.8) is 0 Å². The van der Waals surface area contributed by atoms with Crippen LogP contribution in [0.1, 0.15) is 0 Å². The van der Waals surface area contributed by atoms with Crippen molar-refractivity contribution in [1.29, 1.82) is 0 Å². The van der Waals surface area contributed by atoms with Crippen LogP contribution in [-0.4, -0.2) is 20.3 Å². The van der Waals surface area contributed by atoms with Crippen LogP contribution in [0.25, 0.3) is 0 Å². The van der Waals surface area contributed by atoms with Gasteiger partial charge in [0.25, 0.3) is 0 Å². The quantitative estimate of drug-likeness (QED) is 0.657. The van der Waals surface area contributed by atoms with Gasteiger partial charge in [0.15, 0.2) is 6.54 Å². The zero-order valence-electron chi connectivity index (χ0n) is 7.03. The molecule has 0 saturated heterocycles. The fourth-order valence-corrected chi connectivity index (χ4v) is 1.07. The third kappa shape index (κ3) is 2.81. The van der Waals surface area contributed by atoms with Crippen LogP contribution in [0.5, 0.6) is 0 Å². The molecule has 0 fully saturated rings. The minimum Gasteiger partial charge on any atom is -0.379 e. The molecule has 12 heavy (non-hydrogen) atoms. The van der Waals surface area contributed by atoms with E-state index in [1.54, 1.807) is 11.5 Å². The van der Waals surface area contributed by atoms with Gasteiger partial charge < -0.3 is 4.74 Å². The second kappa shape index (κ2) is 5.14. The van der Waals surface area contributed by atoms with E-state index in [9.17, 15) is 0 Å². The molecule has 0 aliphatic carbocycles. The van der Waals surface area contributed by atoms with E-state index in [1.807, 2.05) is 30.3 Å². The molecule has 3 heteroatoms. The Kier molecular flexibility index (Phi) is 4.08. The van der Waals surface area contributed by atoms with Crippen LogP contribution in [0.4, 0.5) is 5.69 Å². The lowest BCUT2D eigenvalue weighted by atomic mass is 10.3. The van der Waals surface area contributed by atoms with Gasteiger partial charge in [-0.1, -0.05) is 18.2 Å². The Morgan fingerprint density at radius 1 is 1.33 bits per heavy atom. The topological polar surface area (TPSA) is 15.1 Å². The molecule has 0 amide bonds. The minimum atomic E-state index is 0.637. The summed E-state index contributed by atoms with van der Waals surface area (Å²) < 4.78 is 6.55. The van der Waals surface area contributed by atoms with Gasteiger partial charge >= 0.3 is 0 Å². The summed E-state index contributed by atoms with van der Waals surface area (Å²) in [5, 5.41) is 0. The Balaban J connectivity index is 2.48. The Hall–Kier alpha value is -0.570. The van der Waals surface area contributed by atoms with E-state index >= 15 is 0 Å². The first kappa shape index (κ1) is 9.52. The smallest absolute Gasteiger partial charge is 0.232 e. The number of nitrogens with zero attached hydrogens (tertiary/aromatic N) is 1. The van der Waals surface area contributed by atoms with Gasteiger partial charge in [0.2, 0.25) is 17.5 Å². The average molecular weight is 186 g/mol. The molecule has 2 nitrogen and oxygen atoms in total. The Morgan fingerprint density at radius 3 is 2.58 bits per heavy atom. The summed E-state index contributed by atoms with van der Waals surface area (Å²) in [4.78, 5) is 0. The monoisotopic (exact) mass is 185 g/mol. The molecule has 1 rings (SSSR count). The average Bonchev–Trinajstić information content (AvgIpc) is 2.15. The lowest BCUT2D eigenvalue weighted by Crippen LogP contribution is -2.17. The van der Waals surface area contributed by atoms with Crippen molar-refractivity contribution < 1.29 is 4.74 Å². The highest BCUT2D eigenvalue weighted by Crippen LogP contribution is 2.13. The first-order chi connectivity index (χ1) is 5.84. The molecule has 1 aromatic rings. The fourth-order valence-electron chi connectivity index (χ4n) is 0.890. The van der Waals surface area contributed by atoms with Gasteiger partial charge in [-0.05, 0) is 4.42 Å². The molecule has 1 aromatic carbocycles. The van der Waals surface area contributed by atoms with E-state index in [2.05, 4.69) is 0 Å². The molecule has 0 bridgehead atoms. The van der Waals surface area contributed by atoms with Gasteiger partial charge in [0, 0.05) is 19.2 Å². The number of rotatable bonds is 4. The summed E-state index contributed by atoms with van der Waals surface area (Å²) in [6, 6.07) is 9.80. The predicted molar refractivity (Wildman–Crippen MR) is 50.8 cm³/mol. The van der Waals surface area contributed by atoms with E-state index in [-0.39, 0.29) is 0 Å². The van der Waals surface area contributed by atoms with Crippen molar-refractivity contribution in [2.24, 2.45) is 0 Å². The molecule has 0 aliphatic heterocycles. The van der Waals surface area contributed by atoms with Crippen molar-refractivity contribution in [1.82, 2.24) is 4.42 Å². The van der Waals surface area contributed by atoms with Crippen LogP contribution in [0.2, 0.25) is 0 Å². The summed E-state index contributed by atoms with van der Waals surface area (Å²) in [5.41, 5.74) is 0.996. The maximum atomic E-state index is 5.94. The summed E-state index contributed by atoms with van der Waals surface area (Å²) in [7, 11) is 1.66. The SMILES string of the molecule is COCC[N+](Cl)c1ccccc1. The third-order valence-electron chi connectivity index (χ3n) is 1.53. The molecule has 0 spiro atoms. The van der Waals surface area contributed by atoms with Gasteiger partial charge in [0.05, 0.1) is 0 Å². The molecule has 0 atom stereocenters. The molecule has 0 aromatic heterocycles. The Morgan fingerprint density at radius 2 is 2.00 bits per heavy atom. The predicted octanol–water partition coefficient (Wildman–Crippen LogP) is 2.26. The van der Waals surface area contributed by atoms with Gasteiger partial charge in [0.1, 0.15) is 6.61 Å². The highest BCUT2D eigenvalue weighted by Gasteiger charge is 2.14. The van der Waals surface area contributed by atoms with E-state index < -0.39 is 0 Å². The molecule has 1 radical (unpaired) electrons. The number of benzene rings is 1. The van der Waals surface area contributed by atoms with Crippen LogP contribution in [0, 0.1) is 0 Å². The van der Waals surface area contributed by atoms with E-state index in [0.717, 1.165) is 5.69 Å². The first-order valence-corrected chi connectivity index (χ1v) is 4.15. The normalized spacial score (nSPS) is 10.6. The number of para-hydroxylation sites is 1. The highest BCUT2D eigenvalue weighted by atomic mass is 35.5. The molecule has 0 saturated carbocycles. The maximum absolute atomic E-state index is 5.94. The van der Waals surface area contributed by atoms with Crippen molar-refractivity contribution in [2.75, 3.05) is 20.3 Å². The van der Waals surface area contributed by atoms with Gasteiger partial charge in [-0.15, -0.1) is 0 Å². The van der Waals surface area contributed by atoms with E-state index in [1.165, 1.54) is 0 Å². The van der Waals surface area contributed by atoms with Gasteiger partial charge in [-0.3, -0.25) is 0 Å². The standard InChI is InChI=1S/C9H12ClNO/c1-12-8-7-11(10)9-5-3-2-4-6-9/h2-6H,7-8H2,1H3/q+1. The lowest BCUT2D eigenvalue weighted by molar-refractivity contribution is 0.199. The van der Waals surface area contributed by atoms with Crippen molar-refractivity contribution >= 4 is 17.5 Å². The van der Waals surface area contributed by atoms with Crippen LogP contribution in [0.15, 0.2) is 30.3 Å². The molecule has 0 unspecified atom stereocenters. The van der Waals surface area contributed by atoms with Crippen molar-refractivity contribution in [2.45, 2.75) is 0 Å². The molecular weight excluding hydrogens is 174 g/mol. The molecule has 0 N–H and O–H groups in total. The molecule has 65 valence electrons. The second-order valence-corrected chi connectivity index (χ2v) is 2.82. The van der Waals surface area contributed by atoms with Gasteiger partial charge in [-0.25, -0.2) is 0 Å². The number of hydrogen-bond acceptors (Lipinski definition) is 2. The van der Waals surface area contributed by atoms with Crippen LogP contribution in [-0.2, 0) is 4.74 Å². The number of ether oxygens (including phenoxy) is 1. The van der Waals surface area contributed by atoms with Crippen LogP contribution < -0.4 is 4.42 Å². The van der Waals surface area contributed by atoms with Gasteiger partial charge in [-0.2, -0.15) is 0 Å². The molecule has 0 aliphatic rings. The summed E-state index contributed by atoms with van der Waals surface area (Å²) in [6.07, 6.45) is 0. The summed E-state index contributed by atoms with van der Waals surface area (Å²) in [6.45, 7) is 1.33.